The van der Waals surface area contributed by atoms with Crippen molar-refractivity contribution in [2.75, 3.05) is 36.4 Å². The number of carbonyl (C=O) groups is 1. The molecule has 1 saturated heterocycles. The van der Waals surface area contributed by atoms with E-state index >= 15 is 0 Å². The number of hydrogen-bond acceptors (Lipinski definition) is 6. The summed E-state index contributed by atoms with van der Waals surface area (Å²) in [4.78, 5) is 24.1. The summed E-state index contributed by atoms with van der Waals surface area (Å²) in [5, 5.41) is 7.60. The van der Waals surface area contributed by atoms with Crippen molar-refractivity contribution in [3.8, 4) is 0 Å². The number of benzene rings is 1. The van der Waals surface area contributed by atoms with Gasteiger partial charge in [0.1, 0.15) is 5.65 Å². The first-order chi connectivity index (χ1) is 15.1. The van der Waals surface area contributed by atoms with Gasteiger partial charge in [-0.05, 0) is 51.0 Å². The summed E-state index contributed by atoms with van der Waals surface area (Å²) in [6.07, 6.45) is 6.54. The molecule has 2 fully saturated rings. The summed E-state index contributed by atoms with van der Waals surface area (Å²) in [6.45, 7) is 7.78. The molecule has 0 amide bonds. The van der Waals surface area contributed by atoms with Crippen molar-refractivity contribution in [1.82, 2.24) is 19.9 Å². The van der Waals surface area contributed by atoms with E-state index in [-0.39, 0.29) is 5.78 Å². The van der Waals surface area contributed by atoms with Crippen LogP contribution in [0, 0.1) is 6.92 Å². The lowest BCUT2D eigenvalue weighted by molar-refractivity contribution is 0.101. The highest BCUT2D eigenvalue weighted by atomic mass is 16.1. The average molecular weight is 419 g/mol. The molecular formula is C24H30N6O. The molecule has 0 bridgehead atoms. The van der Waals surface area contributed by atoms with E-state index in [2.05, 4.69) is 49.4 Å². The monoisotopic (exact) mass is 418 g/mol. The summed E-state index contributed by atoms with van der Waals surface area (Å²) in [5.74, 6) is 0.640. The van der Waals surface area contributed by atoms with E-state index in [1.165, 1.54) is 18.5 Å². The Kier molecular flexibility index (Phi) is 5.36. The maximum Gasteiger partial charge on any atom is 0.229 e. The third-order valence-corrected chi connectivity index (χ3v) is 6.64. The second-order valence-corrected chi connectivity index (χ2v) is 8.66. The van der Waals surface area contributed by atoms with Gasteiger partial charge >= 0.3 is 0 Å². The molecule has 0 radical (unpaired) electrons. The minimum Gasteiger partial charge on any atom is -0.369 e. The van der Waals surface area contributed by atoms with Crippen LogP contribution < -0.4 is 15.5 Å². The lowest BCUT2D eigenvalue weighted by Gasteiger charge is -2.29. The molecule has 1 saturated carbocycles. The Morgan fingerprint density at radius 1 is 1.13 bits per heavy atom. The Hall–Kier alpha value is -2.93. The van der Waals surface area contributed by atoms with Gasteiger partial charge in [-0.25, -0.2) is 4.98 Å². The quantitative estimate of drug-likeness (QED) is 0.605. The molecule has 31 heavy (non-hydrogen) atoms. The predicted molar refractivity (Wildman–Crippen MR) is 125 cm³/mol. The number of fused-ring (bicyclic) bond motifs is 1. The van der Waals surface area contributed by atoms with Crippen LogP contribution in [0.2, 0.25) is 0 Å². The van der Waals surface area contributed by atoms with Crippen LogP contribution in [0.1, 0.15) is 54.7 Å². The van der Waals surface area contributed by atoms with Gasteiger partial charge in [0, 0.05) is 66.4 Å². The molecule has 5 rings (SSSR count). The zero-order valence-electron chi connectivity index (χ0n) is 18.3. The minimum absolute atomic E-state index is 0.0760. The SMILES string of the molecule is CC(=O)c1c(C)n(C2CCCC2)c2nc(Nc3ccc(N4CCNCC4)cc3)ncc12. The summed E-state index contributed by atoms with van der Waals surface area (Å²) >= 11 is 0. The largest absolute Gasteiger partial charge is 0.369 e. The normalized spacial score (nSPS) is 17.4. The average Bonchev–Trinajstić information content (AvgIpc) is 3.40. The number of nitrogens with one attached hydrogen (secondary N) is 2. The Bertz CT molecular complexity index is 1090. The van der Waals surface area contributed by atoms with Gasteiger partial charge in [-0.1, -0.05) is 12.8 Å². The van der Waals surface area contributed by atoms with Gasteiger partial charge in [-0.15, -0.1) is 0 Å². The zero-order valence-corrected chi connectivity index (χ0v) is 18.3. The number of Topliss-reactive ketones (excluding diaryl/α,β-unsaturated/α-hetero) is 1. The standard InChI is InChI=1S/C24H30N6O/c1-16-22(17(2)31)21-15-26-24(28-23(21)30(16)20-5-3-4-6-20)27-18-7-9-19(10-8-18)29-13-11-25-12-14-29/h7-10,15,20,25H,3-6,11-14H2,1-2H3,(H,26,27,28). The molecule has 3 heterocycles. The van der Waals surface area contributed by atoms with Crippen molar-refractivity contribution in [2.24, 2.45) is 0 Å². The molecule has 7 nitrogen and oxygen atoms in total. The smallest absolute Gasteiger partial charge is 0.229 e. The molecule has 0 spiro atoms. The second kappa shape index (κ2) is 8.30. The Morgan fingerprint density at radius 3 is 2.52 bits per heavy atom. The molecule has 1 aliphatic heterocycles. The molecule has 2 N–H and O–H groups in total. The Morgan fingerprint density at radius 2 is 1.84 bits per heavy atom. The Balaban J connectivity index is 1.45. The van der Waals surface area contributed by atoms with Crippen LogP contribution in [0.3, 0.4) is 0 Å². The van der Waals surface area contributed by atoms with E-state index in [4.69, 9.17) is 4.98 Å². The van der Waals surface area contributed by atoms with Crippen molar-refractivity contribution < 1.29 is 4.79 Å². The van der Waals surface area contributed by atoms with Crippen LogP contribution >= 0.6 is 0 Å². The van der Waals surface area contributed by atoms with Gasteiger partial charge in [0.05, 0.1) is 0 Å². The Labute approximate surface area is 182 Å². The highest BCUT2D eigenvalue weighted by Crippen LogP contribution is 2.36. The van der Waals surface area contributed by atoms with Crippen LogP contribution in [0.25, 0.3) is 11.0 Å². The molecular weight excluding hydrogens is 388 g/mol. The topological polar surface area (TPSA) is 75.1 Å². The van der Waals surface area contributed by atoms with E-state index in [9.17, 15) is 4.79 Å². The fourth-order valence-electron chi connectivity index (χ4n) is 5.13. The van der Waals surface area contributed by atoms with Gasteiger partial charge in [0.15, 0.2) is 5.78 Å². The number of rotatable bonds is 5. The molecule has 2 aliphatic rings. The highest BCUT2D eigenvalue weighted by molar-refractivity contribution is 6.07. The van der Waals surface area contributed by atoms with Crippen molar-refractivity contribution in [2.45, 2.75) is 45.6 Å². The predicted octanol–water partition coefficient (Wildman–Crippen LogP) is 4.21. The number of ketones is 1. The molecule has 0 unspecified atom stereocenters. The van der Waals surface area contributed by atoms with Gasteiger partial charge in [0.25, 0.3) is 0 Å². The first-order valence-electron chi connectivity index (χ1n) is 11.3. The first-order valence-corrected chi connectivity index (χ1v) is 11.3. The lowest BCUT2D eigenvalue weighted by Crippen LogP contribution is -2.43. The van der Waals surface area contributed by atoms with Gasteiger partial charge < -0.3 is 20.1 Å². The van der Waals surface area contributed by atoms with Gasteiger partial charge in [0.2, 0.25) is 5.95 Å². The van der Waals surface area contributed by atoms with Gasteiger partial charge in [-0.2, -0.15) is 4.98 Å². The van der Waals surface area contributed by atoms with Crippen molar-refractivity contribution in [3.63, 3.8) is 0 Å². The van der Waals surface area contributed by atoms with E-state index < -0.39 is 0 Å². The number of nitrogens with zero attached hydrogens (tertiary/aromatic N) is 4. The molecule has 7 heteroatoms. The number of aromatic nitrogens is 3. The first kappa shape index (κ1) is 20.0. The van der Waals surface area contributed by atoms with E-state index in [1.807, 2.05) is 6.92 Å². The third-order valence-electron chi connectivity index (χ3n) is 6.64. The molecule has 1 aromatic carbocycles. The molecule has 3 aromatic rings. The number of piperazine rings is 1. The van der Waals surface area contributed by atoms with Crippen molar-refractivity contribution in [1.29, 1.82) is 0 Å². The molecule has 2 aromatic heterocycles. The van der Waals surface area contributed by atoms with E-state index in [0.29, 0.717) is 12.0 Å². The zero-order chi connectivity index (χ0) is 21.4. The van der Waals surface area contributed by atoms with Crippen molar-refractivity contribution >= 4 is 34.1 Å². The van der Waals surface area contributed by atoms with E-state index in [1.54, 1.807) is 13.1 Å². The maximum atomic E-state index is 12.4. The highest BCUT2D eigenvalue weighted by Gasteiger charge is 2.26. The molecule has 1 aliphatic carbocycles. The fraction of sp³-hybridized carbons (Fsp3) is 0.458. The van der Waals surface area contributed by atoms with E-state index in [0.717, 1.165) is 67.0 Å². The molecule has 162 valence electrons. The van der Waals surface area contributed by atoms with Gasteiger partial charge in [-0.3, -0.25) is 4.79 Å². The lowest BCUT2D eigenvalue weighted by atomic mass is 10.1. The number of carbonyl (C=O) groups excluding carboxylic acids is 1. The minimum atomic E-state index is 0.0760. The van der Waals surface area contributed by atoms with Crippen LogP contribution in [-0.2, 0) is 0 Å². The van der Waals surface area contributed by atoms with Crippen LogP contribution in [0.15, 0.2) is 30.5 Å². The summed E-state index contributed by atoms with van der Waals surface area (Å²) in [7, 11) is 0. The third kappa shape index (κ3) is 3.78. The number of anilines is 3. The fourth-order valence-corrected chi connectivity index (χ4v) is 5.13. The summed E-state index contributed by atoms with van der Waals surface area (Å²) < 4.78 is 2.28. The van der Waals surface area contributed by atoms with Crippen LogP contribution in [0.4, 0.5) is 17.3 Å². The van der Waals surface area contributed by atoms with Crippen LogP contribution in [0.5, 0.6) is 0 Å². The maximum absolute atomic E-state index is 12.4. The van der Waals surface area contributed by atoms with Crippen molar-refractivity contribution in [3.05, 3.63) is 41.7 Å². The van der Waals surface area contributed by atoms with Crippen LogP contribution in [-0.4, -0.2) is 46.5 Å². The summed E-state index contributed by atoms with van der Waals surface area (Å²) in [6, 6.07) is 8.86. The molecule has 0 atom stereocenters. The summed E-state index contributed by atoms with van der Waals surface area (Å²) in [5.41, 5.74) is 4.83. The number of hydrogen-bond donors (Lipinski definition) is 2. The second-order valence-electron chi connectivity index (χ2n) is 8.66.